The molecular weight excluding hydrogens is 901 g/mol. The fourth-order valence-corrected chi connectivity index (χ4v) is 14.8. The van der Waals surface area contributed by atoms with Crippen molar-refractivity contribution in [3.05, 3.63) is 0 Å². The summed E-state index contributed by atoms with van der Waals surface area (Å²) in [4.78, 5) is 49.1. The highest BCUT2D eigenvalue weighted by molar-refractivity contribution is 7.97. The third kappa shape index (κ3) is 11.1. The lowest BCUT2D eigenvalue weighted by molar-refractivity contribution is -0.777. The Hall–Kier alpha value is -1.31. The van der Waals surface area contributed by atoms with Gasteiger partial charge in [0.05, 0.1) is 18.3 Å². The van der Waals surface area contributed by atoms with Crippen LogP contribution in [-0.4, -0.2) is 77.7 Å². The monoisotopic (exact) mass is 963 g/mol. The predicted molar refractivity (Wildman–Crippen MR) is 220 cm³/mol. The number of ketones is 1. The lowest BCUT2D eigenvalue weighted by Crippen LogP contribution is -2.59. The van der Waals surface area contributed by atoms with Crippen LogP contribution in [-0.2, 0) is 61.5 Å². The van der Waals surface area contributed by atoms with Crippen LogP contribution in [0.15, 0.2) is 0 Å². The van der Waals surface area contributed by atoms with E-state index >= 15 is 0 Å². The lowest BCUT2D eigenvalue weighted by atomic mass is 9.48. The van der Waals surface area contributed by atoms with Crippen LogP contribution in [0.5, 0.6) is 0 Å². The van der Waals surface area contributed by atoms with Crippen LogP contribution in [0.3, 0.4) is 0 Å². The van der Waals surface area contributed by atoms with E-state index in [1.165, 1.54) is 6.42 Å². The first-order valence-corrected chi connectivity index (χ1v) is 24.7. The Bertz CT molecular complexity index is 1680. The number of ether oxygens (including phenoxy) is 3. The largest absolute Gasteiger partial charge is 0.691 e. The van der Waals surface area contributed by atoms with E-state index in [9.17, 15) is 45.2 Å². The van der Waals surface area contributed by atoms with E-state index in [0.717, 1.165) is 83.5 Å². The van der Waals surface area contributed by atoms with Crippen molar-refractivity contribution in [1.82, 2.24) is 0 Å². The molecule has 2 N–H and O–H groups in total. The molecule has 64 heavy (non-hydrogen) atoms. The highest BCUT2D eigenvalue weighted by Gasteiger charge is 2.60. The fourth-order valence-electron chi connectivity index (χ4n) is 13.8. The van der Waals surface area contributed by atoms with Gasteiger partial charge in [0.15, 0.2) is 0 Å². The number of hydrogen-bond donors (Lipinski definition) is 2. The molecule has 12 saturated carbocycles. The van der Waals surface area contributed by atoms with Gasteiger partial charge in [0.25, 0.3) is 0 Å². The van der Waals surface area contributed by atoms with Crippen LogP contribution < -0.4 is 15.8 Å². The van der Waals surface area contributed by atoms with Gasteiger partial charge in [-0.25, -0.2) is 0 Å². The van der Waals surface area contributed by atoms with Crippen molar-refractivity contribution in [1.29, 1.82) is 0 Å². The molecule has 6 atom stereocenters. The van der Waals surface area contributed by atoms with Gasteiger partial charge < -0.3 is 40.2 Å². The van der Waals surface area contributed by atoms with E-state index in [-0.39, 0.29) is 35.2 Å². The van der Waals surface area contributed by atoms with Gasteiger partial charge in [-0.15, -0.1) is 0 Å². The van der Waals surface area contributed by atoms with Crippen molar-refractivity contribution in [2.75, 3.05) is 6.61 Å². The van der Waals surface area contributed by atoms with Crippen LogP contribution >= 0.6 is 36.1 Å². The first-order chi connectivity index (χ1) is 30.0. The molecule has 0 saturated heterocycles. The molecule has 0 spiro atoms. The SMILES string of the molecule is CC(C)(SOO[O-])C(=O)OC12CC3CC(C1)C(=O)C(C3)C2.CC(C)(SOO[O-])C(=O)OC12CC3CC(C1)C(O)C(C3)C2.CC(C)(SOO[O-])C(=O)OCC12CC3CC(CC(O)(C3)C1)C2. The number of hydrogen-bond acceptors (Lipinski definition) is 21. The molecule has 0 amide bonds. The summed E-state index contributed by atoms with van der Waals surface area (Å²) in [5.74, 6) is 1.87. The number of aliphatic hydroxyl groups is 2. The molecule has 364 valence electrons. The first kappa shape index (κ1) is 50.6. The standard InChI is InChI=1S/C15H24O6S.C14H22O6S.C14H20O6S/c1-13(2,22-21-20-18)12(16)19-9-14-4-10-3-11(5-14)7-15(17,6-10)8-14;2*1-13(2,21-20-19-17)12(16)18-14-5-8-3-9(6-14)11(15)10(4-8)7-14/h10-11,17-18H,3-9H2,1-2H3;8-11,15,17H,3-7H2,1-2H3;8-10,17H,3-7H2,1-2H3/p-3. The second-order valence-corrected chi connectivity index (χ2v) is 26.3. The van der Waals surface area contributed by atoms with Crippen LogP contribution in [0.25, 0.3) is 0 Å². The van der Waals surface area contributed by atoms with Gasteiger partial charge in [-0.05, 0) is 180 Å². The van der Waals surface area contributed by atoms with Gasteiger partial charge in [-0.3, -0.25) is 34.3 Å². The summed E-state index contributed by atoms with van der Waals surface area (Å²) in [5.41, 5.74) is -1.58. The summed E-state index contributed by atoms with van der Waals surface area (Å²) in [7, 11) is 0. The molecule has 18 nitrogen and oxygen atoms in total. The predicted octanol–water partition coefficient (Wildman–Crippen LogP) is 3.96. The molecule has 6 unspecified atom stereocenters. The quantitative estimate of drug-likeness (QED) is 0.0729. The second kappa shape index (κ2) is 19.2. The minimum atomic E-state index is -1.03. The van der Waals surface area contributed by atoms with Gasteiger partial charge >= 0.3 is 17.9 Å². The number of carbonyl (C=O) groups excluding carboxylic acids is 4. The second-order valence-electron chi connectivity index (χ2n) is 22.3. The third-order valence-electron chi connectivity index (χ3n) is 15.7. The summed E-state index contributed by atoms with van der Waals surface area (Å²) < 4.78 is 26.9. The third-order valence-corrected chi connectivity index (χ3v) is 17.8. The summed E-state index contributed by atoms with van der Waals surface area (Å²) >= 11 is 1.94. The van der Waals surface area contributed by atoms with Gasteiger partial charge in [0.2, 0.25) is 0 Å². The minimum absolute atomic E-state index is 0.0565. The summed E-state index contributed by atoms with van der Waals surface area (Å²) in [6.07, 6.45) is 14.0. The van der Waals surface area contributed by atoms with Gasteiger partial charge in [0.1, 0.15) is 31.2 Å². The number of aliphatic hydroxyl groups excluding tert-OH is 1. The summed E-state index contributed by atoms with van der Waals surface area (Å²) in [5, 5.41) is 60.6. The van der Waals surface area contributed by atoms with E-state index < -0.39 is 49.0 Å². The molecule has 12 bridgehead atoms. The Morgan fingerprint density at radius 2 is 1.02 bits per heavy atom. The maximum atomic E-state index is 12.4. The van der Waals surface area contributed by atoms with Crippen LogP contribution in [0, 0.1) is 52.8 Å². The van der Waals surface area contributed by atoms with Gasteiger partial charge in [-0.1, -0.05) is 0 Å². The molecule has 12 aliphatic rings. The number of rotatable bonds is 16. The molecule has 0 aromatic rings. The maximum absolute atomic E-state index is 12.4. The Labute approximate surface area is 386 Å². The van der Waals surface area contributed by atoms with Gasteiger partial charge in [-0.2, -0.15) is 13.0 Å². The topological polar surface area (TPSA) is 261 Å². The average molecular weight is 964 g/mol. The Kier molecular flexibility index (Phi) is 15.2. The van der Waals surface area contributed by atoms with Crippen molar-refractivity contribution < 1.29 is 87.5 Å². The fraction of sp³-hybridized carbons (Fsp3) is 0.907. The first-order valence-electron chi connectivity index (χ1n) is 22.5. The highest BCUT2D eigenvalue weighted by atomic mass is 32.2. The van der Waals surface area contributed by atoms with Crippen LogP contribution in [0.2, 0.25) is 0 Å². The summed E-state index contributed by atoms with van der Waals surface area (Å²) in [6, 6.07) is 0. The molecule has 0 heterocycles. The zero-order valence-electron chi connectivity index (χ0n) is 37.4. The van der Waals surface area contributed by atoms with Gasteiger partial charge in [0, 0.05) is 53.4 Å². The Morgan fingerprint density at radius 3 is 1.45 bits per heavy atom. The molecule has 21 heteroatoms. The normalized spacial score (nSPS) is 39.7. The van der Waals surface area contributed by atoms with Crippen molar-refractivity contribution >= 4 is 59.8 Å². The van der Waals surface area contributed by atoms with Crippen LogP contribution in [0.4, 0.5) is 0 Å². The van der Waals surface area contributed by atoms with Crippen molar-refractivity contribution in [2.24, 2.45) is 52.8 Å². The average Bonchev–Trinajstić information content (AvgIpc) is 3.20. The molecule has 0 aromatic carbocycles. The zero-order valence-corrected chi connectivity index (χ0v) is 39.8. The van der Waals surface area contributed by atoms with Crippen molar-refractivity contribution in [2.45, 2.75) is 181 Å². The van der Waals surface area contributed by atoms with E-state index in [1.807, 2.05) is 0 Å². The van der Waals surface area contributed by atoms with Crippen molar-refractivity contribution in [3.63, 3.8) is 0 Å². The molecule has 12 fully saturated rings. The van der Waals surface area contributed by atoms with E-state index in [4.69, 9.17) is 14.2 Å². The minimum Gasteiger partial charge on any atom is -0.691 e. The number of Topliss-reactive ketones (excluding diaryl/α,β-unsaturated/α-hetero) is 1. The lowest BCUT2D eigenvalue weighted by Gasteiger charge is -2.59. The highest BCUT2D eigenvalue weighted by Crippen LogP contribution is 2.62. The van der Waals surface area contributed by atoms with E-state index in [0.29, 0.717) is 85.0 Å². The van der Waals surface area contributed by atoms with Crippen molar-refractivity contribution in [3.8, 4) is 0 Å². The molecule has 0 aromatic heterocycles. The van der Waals surface area contributed by atoms with E-state index in [2.05, 4.69) is 28.1 Å². The zero-order chi connectivity index (χ0) is 46.5. The molecule has 0 radical (unpaired) electrons. The number of carbonyl (C=O) groups is 4. The maximum Gasteiger partial charge on any atom is 0.324 e. The Balaban J connectivity index is 0.000000144. The van der Waals surface area contributed by atoms with E-state index in [1.54, 1.807) is 41.5 Å². The smallest absolute Gasteiger partial charge is 0.324 e. The molecule has 0 aliphatic heterocycles. The molecule has 12 aliphatic carbocycles. The Morgan fingerprint density at radius 1 is 0.594 bits per heavy atom. The number of esters is 3. The molecule has 12 rings (SSSR count). The summed E-state index contributed by atoms with van der Waals surface area (Å²) in [6.45, 7) is 10.1. The molecular formula is C43H63O18S3-3. The van der Waals surface area contributed by atoms with Crippen LogP contribution in [0.1, 0.15) is 144 Å².